The summed E-state index contributed by atoms with van der Waals surface area (Å²) in [6, 6.07) is 13.6. The Morgan fingerprint density at radius 3 is 2.44 bits per heavy atom. The summed E-state index contributed by atoms with van der Waals surface area (Å²) >= 11 is 0. The van der Waals surface area contributed by atoms with Gasteiger partial charge in [0, 0.05) is 16.6 Å². The molecule has 0 aliphatic heterocycles. The highest BCUT2D eigenvalue weighted by atomic mass is 16.2. The summed E-state index contributed by atoms with van der Waals surface area (Å²) in [5.41, 5.74) is 6.91. The third-order valence-electron chi connectivity index (χ3n) is 3.51. The second kappa shape index (κ2) is 6.83. The molecule has 126 valence electrons. The van der Waals surface area contributed by atoms with Gasteiger partial charge in [-0.15, -0.1) is 0 Å². The summed E-state index contributed by atoms with van der Waals surface area (Å²) in [4.78, 5) is 34.8. The fraction of sp³-hybridized carbons (Fsp3) is 0.0588. The number of nitrogens with two attached hydrogens (primary N) is 1. The highest BCUT2D eigenvalue weighted by Crippen LogP contribution is 2.17. The van der Waals surface area contributed by atoms with E-state index in [-0.39, 0.29) is 12.5 Å². The average Bonchev–Trinajstić information content (AvgIpc) is 3.04. The smallest absolute Gasteiger partial charge is 0.276 e. The maximum absolute atomic E-state index is 12.4. The zero-order valence-corrected chi connectivity index (χ0v) is 13.1. The molecule has 0 radical (unpaired) electrons. The second-order valence-corrected chi connectivity index (χ2v) is 5.30. The average molecular weight is 337 g/mol. The van der Waals surface area contributed by atoms with Crippen molar-refractivity contribution in [2.45, 2.75) is 0 Å². The minimum atomic E-state index is -0.622. The normalized spacial score (nSPS) is 10.4. The lowest BCUT2D eigenvalue weighted by Gasteiger charge is -2.06. The van der Waals surface area contributed by atoms with Gasteiger partial charge < -0.3 is 16.4 Å². The van der Waals surface area contributed by atoms with Gasteiger partial charge in [0.05, 0.1) is 12.1 Å². The molecule has 8 heteroatoms. The highest BCUT2D eigenvalue weighted by Gasteiger charge is 2.14. The van der Waals surface area contributed by atoms with Crippen molar-refractivity contribution in [3.05, 3.63) is 59.8 Å². The fourth-order valence-electron chi connectivity index (χ4n) is 2.30. The van der Waals surface area contributed by atoms with Crippen molar-refractivity contribution >= 4 is 34.3 Å². The van der Waals surface area contributed by atoms with Crippen molar-refractivity contribution in [2.75, 3.05) is 11.9 Å². The zero-order valence-electron chi connectivity index (χ0n) is 13.1. The molecule has 2 aromatic carbocycles. The summed E-state index contributed by atoms with van der Waals surface area (Å²) in [6.07, 6.45) is 0. The Morgan fingerprint density at radius 2 is 1.72 bits per heavy atom. The number of aromatic amines is 1. The highest BCUT2D eigenvalue weighted by molar-refractivity contribution is 6.11. The number of hydrogen-bond acceptors (Lipinski definition) is 4. The number of carbonyl (C=O) groups is 3. The molecule has 0 fully saturated rings. The van der Waals surface area contributed by atoms with E-state index in [0.717, 1.165) is 10.9 Å². The van der Waals surface area contributed by atoms with Crippen molar-refractivity contribution < 1.29 is 14.4 Å². The van der Waals surface area contributed by atoms with E-state index >= 15 is 0 Å². The zero-order chi connectivity index (χ0) is 17.8. The minimum absolute atomic E-state index is 0.233. The number of nitrogens with zero attached hydrogens (tertiary/aromatic N) is 1. The maximum Gasteiger partial charge on any atom is 0.276 e. The van der Waals surface area contributed by atoms with Gasteiger partial charge in [-0.25, -0.2) is 0 Å². The van der Waals surface area contributed by atoms with Crippen LogP contribution in [0.25, 0.3) is 10.9 Å². The molecule has 3 amide bonds. The molecule has 1 heterocycles. The summed E-state index contributed by atoms with van der Waals surface area (Å²) in [5, 5.41) is 12.7. The number of para-hydroxylation sites is 1. The Kier molecular flexibility index (Phi) is 4.42. The number of aromatic nitrogens is 2. The molecule has 1 aromatic heterocycles. The van der Waals surface area contributed by atoms with Gasteiger partial charge in [0.2, 0.25) is 5.91 Å². The predicted molar refractivity (Wildman–Crippen MR) is 92.0 cm³/mol. The van der Waals surface area contributed by atoms with E-state index in [1.165, 1.54) is 12.1 Å². The van der Waals surface area contributed by atoms with Gasteiger partial charge in [0.1, 0.15) is 0 Å². The fourth-order valence-corrected chi connectivity index (χ4v) is 2.30. The van der Waals surface area contributed by atoms with Crippen LogP contribution in [0.15, 0.2) is 48.5 Å². The Labute approximate surface area is 142 Å². The van der Waals surface area contributed by atoms with Gasteiger partial charge in [-0.05, 0) is 30.3 Å². The first-order chi connectivity index (χ1) is 12.0. The van der Waals surface area contributed by atoms with Crippen LogP contribution in [-0.2, 0) is 4.79 Å². The third-order valence-corrected chi connectivity index (χ3v) is 3.51. The summed E-state index contributed by atoms with van der Waals surface area (Å²) < 4.78 is 0. The van der Waals surface area contributed by atoms with Gasteiger partial charge >= 0.3 is 0 Å². The molecule has 3 rings (SSSR count). The van der Waals surface area contributed by atoms with E-state index < -0.39 is 11.8 Å². The number of amides is 3. The first-order valence-corrected chi connectivity index (χ1v) is 7.45. The van der Waals surface area contributed by atoms with E-state index in [9.17, 15) is 14.4 Å². The van der Waals surface area contributed by atoms with Crippen molar-refractivity contribution in [3.8, 4) is 0 Å². The van der Waals surface area contributed by atoms with E-state index in [1.54, 1.807) is 18.2 Å². The Morgan fingerprint density at radius 1 is 1.00 bits per heavy atom. The number of nitrogens with one attached hydrogen (secondary N) is 3. The molecule has 0 saturated carbocycles. The van der Waals surface area contributed by atoms with Crippen LogP contribution in [0.2, 0.25) is 0 Å². The van der Waals surface area contributed by atoms with Crippen LogP contribution in [-0.4, -0.2) is 34.5 Å². The molecule has 0 saturated heterocycles. The van der Waals surface area contributed by atoms with Crippen LogP contribution in [0.1, 0.15) is 20.8 Å². The van der Waals surface area contributed by atoms with E-state index in [4.69, 9.17) is 5.73 Å². The van der Waals surface area contributed by atoms with Crippen LogP contribution >= 0.6 is 0 Å². The number of primary amides is 1. The minimum Gasteiger partial charge on any atom is -0.368 e. The Balaban J connectivity index is 1.70. The molecule has 0 aliphatic carbocycles. The molecule has 0 bridgehead atoms. The number of rotatable bonds is 5. The largest absolute Gasteiger partial charge is 0.368 e. The number of H-pyrrole nitrogens is 1. The molecule has 25 heavy (non-hydrogen) atoms. The van der Waals surface area contributed by atoms with Crippen LogP contribution in [0.3, 0.4) is 0 Å². The quantitative estimate of drug-likeness (QED) is 0.554. The summed E-state index contributed by atoms with van der Waals surface area (Å²) in [6.45, 7) is -0.233. The molecule has 8 nitrogen and oxygen atoms in total. The molecular formula is C17H15N5O3. The van der Waals surface area contributed by atoms with Crippen LogP contribution in [0.5, 0.6) is 0 Å². The second-order valence-electron chi connectivity index (χ2n) is 5.30. The molecule has 0 spiro atoms. The van der Waals surface area contributed by atoms with Gasteiger partial charge in [0.25, 0.3) is 11.8 Å². The van der Waals surface area contributed by atoms with Gasteiger partial charge in [0.15, 0.2) is 5.69 Å². The number of fused-ring (bicyclic) bond motifs is 1. The number of carbonyl (C=O) groups excluding carboxylic acids is 3. The van der Waals surface area contributed by atoms with Crippen molar-refractivity contribution in [3.63, 3.8) is 0 Å². The van der Waals surface area contributed by atoms with Gasteiger partial charge in [-0.1, -0.05) is 18.2 Å². The molecular weight excluding hydrogens is 322 g/mol. The Hall–Kier alpha value is -3.68. The standard InChI is InChI=1S/C17H15N5O3/c18-14(23)9-19-16(24)10-5-7-11(8-6-10)20-17(25)15-12-3-1-2-4-13(12)21-22-15/h1-8H,9H2,(H2,18,23)(H,19,24)(H,20,25)(H,21,22). The first-order valence-electron chi connectivity index (χ1n) is 7.45. The SMILES string of the molecule is NC(=O)CNC(=O)c1ccc(NC(=O)c2n[nH]c3ccccc23)cc1. The van der Waals surface area contributed by atoms with Crippen LogP contribution in [0, 0.1) is 0 Å². The number of anilines is 1. The van der Waals surface area contributed by atoms with E-state index in [2.05, 4.69) is 20.8 Å². The first kappa shape index (κ1) is 16.2. The van der Waals surface area contributed by atoms with Gasteiger partial charge in [-0.3, -0.25) is 19.5 Å². The summed E-state index contributed by atoms with van der Waals surface area (Å²) in [5.74, 6) is -1.40. The molecule has 0 unspecified atom stereocenters. The van der Waals surface area contributed by atoms with Crippen molar-refractivity contribution in [2.24, 2.45) is 5.73 Å². The lowest BCUT2D eigenvalue weighted by molar-refractivity contribution is -0.117. The number of hydrogen-bond donors (Lipinski definition) is 4. The van der Waals surface area contributed by atoms with Crippen molar-refractivity contribution in [1.29, 1.82) is 0 Å². The molecule has 5 N–H and O–H groups in total. The van der Waals surface area contributed by atoms with Crippen LogP contribution < -0.4 is 16.4 Å². The molecule has 3 aromatic rings. The lowest BCUT2D eigenvalue weighted by Crippen LogP contribution is -2.33. The maximum atomic E-state index is 12.4. The van der Waals surface area contributed by atoms with E-state index in [0.29, 0.717) is 16.9 Å². The molecule has 0 aliphatic rings. The molecule has 0 atom stereocenters. The van der Waals surface area contributed by atoms with Crippen molar-refractivity contribution in [1.82, 2.24) is 15.5 Å². The topological polar surface area (TPSA) is 130 Å². The number of benzene rings is 2. The monoisotopic (exact) mass is 337 g/mol. The van der Waals surface area contributed by atoms with Gasteiger partial charge in [-0.2, -0.15) is 5.10 Å². The Bertz CT molecular complexity index is 946. The third kappa shape index (κ3) is 3.63. The lowest BCUT2D eigenvalue weighted by atomic mass is 10.1. The summed E-state index contributed by atoms with van der Waals surface area (Å²) in [7, 11) is 0. The predicted octanol–water partition coefficient (Wildman–Crippen LogP) is 1.03. The van der Waals surface area contributed by atoms with E-state index in [1.807, 2.05) is 18.2 Å². The van der Waals surface area contributed by atoms with Crippen LogP contribution in [0.4, 0.5) is 5.69 Å².